The van der Waals surface area contributed by atoms with E-state index in [9.17, 15) is 8.42 Å². The standard InChI is InChI=1S/C4H9ClO3S/c1-9(7,8)4(6)2-3-5/h4,6H,2-3H2,1H3. The Bertz CT molecular complexity index is 163. The van der Waals surface area contributed by atoms with E-state index in [0.29, 0.717) is 0 Å². The number of sulfone groups is 1. The molecule has 0 spiro atoms. The average molecular weight is 173 g/mol. The van der Waals surface area contributed by atoms with Crippen LogP contribution in [-0.2, 0) is 9.84 Å². The number of aliphatic hydroxyl groups is 1. The molecule has 0 aromatic rings. The van der Waals surface area contributed by atoms with Crippen molar-refractivity contribution in [3.8, 4) is 0 Å². The third-order valence-electron chi connectivity index (χ3n) is 0.850. The van der Waals surface area contributed by atoms with E-state index in [2.05, 4.69) is 0 Å². The predicted molar refractivity (Wildman–Crippen MR) is 36.2 cm³/mol. The van der Waals surface area contributed by atoms with Crippen LogP contribution in [0, 0.1) is 0 Å². The van der Waals surface area contributed by atoms with Gasteiger partial charge >= 0.3 is 0 Å². The fraction of sp³-hybridized carbons (Fsp3) is 1.00. The summed E-state index contributed by atoms with van der Waals surface area (Å²) in [7, 11) is -3.29. The van der Waals surface area contributed by atoms with Gasteiger partial charge in [-0.05, 0) is 0 Å². The SMILES string of the molecule is CS(=O)(=O)C(O)CCCl. The van der Waals surface area contributed by atoms with Crippen molar-refractivity contribution in [3.05, 3.63) is 0 Å². The Balaban J connectivity index is 3.90. The molecule has 0 saturated carbocycles. The van der Waals surface area contributed by atoms with Crippen LogP contribution in [0.1, 0.15) is 6.42 Å². The molecule has 0 fully saturated rings. The van der Waals surface area contributed by atoms with Crippen molar-refractivity contribution in [2.45, 2.75) is 11.9 Å². The molecule has 0 bridgehead atoms. The normalized spacial score (nSPS) is 15.4. The van der Waals surface area contributed by atoms with E-state index in [4.69, 9.17) is 16.7 Å². The highest BCUT2D eigenvalue weighted by Crippen LogP contribution is 2.00. The van der Waals surface area contributed by atoms with Gasteiger partial charge in [0.05, 0.1) is 0 Å². The van der Waals surface area contributed by atoms with Crippen LogP contribution in [0.25, 0.3) is 0 Å². The summed E-state index contributed by atoms with van der Waals surface area (Å²) in [5.74, 6) is 0.161. The molecule has 3 nitrogen and oxygen atoms in total. The lowest BCUT2D eigenvalue weighted by molar-refractivity contribution is 0.246. The molecule has 5 heteroatoms. The fourth-order valence-electron chi connectivity index (χ4n) is 0.307. The van der Waals surface area contributed by atoms with Gasteiger partial charge in [-0.2, -0.15) is 0 Å². The van der Waals surface area contributed by atoms with Gasteiger partial charge in [0.25, 0.3) is 0 Å². The van der Waals surface area contributed by atoms with Crippen molar-refractivity contribution in [1.82, 2.24) is 0 Å². The second-order valence-corrected chi connectivity index (χ2v) is 4.34. The monoisotopic (exact) mass is 172 g/mol. The van der Waals surface area contributed by atoms with E-state index in [-0.39, 0.29) is 12.3 Å². The largest absolute Gasteiger partial charge is 0.377 e. The van der Waals surface area contributed by atoms with Crippen molar-refractivity contribution in [3.63, 3.8) is 0 Å². The number of alkyl halides is 1. The Labute approximate surface area is 59.6 Å². The molecule has 0 aliphatic carbocycles. The molecule has 0 aromatic heterocycles. The van der Waals surface area contributed by atoms with Crippen LogP contribution in [0.15, 0.2) is 0 Å². The van der Waals surface area contributed by atoms with Crippen LogP contribution in [-0.4, -0.2) is 31.1 Å². The lowest BCUT2D eigenvalue weighted by Crippen LogP contribution is -2.19. The third kappa shape index (κ3) is 3.72. The number of hydrogen-bond acceptors (Lipinski definition) is 3. The first-order chi connectivity index (χ1) is 3.98. The second kappa shape index (κ2) is 3.39. The summed E-state index contributed by atoms with van der Waals surface area (Å²) in [6, 6.07) is 0. The summed E-state index contributed by atoms with van der Waals surface area (Å²) in [6.45, 7) is 0. The maximum absolute atomic E-state index is 10.4. The molecule has 0 aliphatic heterocycles. The zero-order chi connectivity index (χ0) is 7.49. The molecule has 0 aromatic carbocycles. The molecule has 0 radical (unpaired) electrons. The van der Waals surface area contributed by atoms with Crippen molar-refractivity contribution < 1.29 is 13.5 Å². The maximum Gasteiger partial charge on any atom is 0.174 e. The quantitative estimate of drug-likeness (QED) is 0.609. The Morgan fingerprint density at radius 1 is 1.67 bits per heavy atom. The Morgan fingerprint density at radius 2 is 2.11 bits per heavy atom. The summed E-state index contributed by atoms with van der Waals surface area (Å²) < 4.78 is 20.8. The summed E-state index contributed by atoms with van der Waals surface area (Å²) in [5, 5.41) is 8.71. The summed E-state index contributed by atoms with van der Waals surface area (Å²) in [6.07, 6.45) is 1.07. The van der Waals surface area contributed by atoms with E-state index in [1.54, 1.807) is 0 Å². The number of aliphatic hydroxyl groups excluding tert-OH is 1. The molecule has 0 saturated heterocycles. The third-order valence-corrected chi connectivity index (χ3v) is 2.29. The van der Waals surface area contributed by atoms with Crippen molar-refractivity contribution in [2.75, 3.05) is 12.1 Å². The Hall–Kier alpha value is 0.200. The van der Waals surface area contributed by atoms with Crippen LogP contribution in [0.2, 0.25) is 0 Å². The summed E-state index contributed by atoms with van der Waals surface area (Å²) in [4.78, 5) is 0. The van der Waals surface area contributed by atoms with Crippen LogP contribution in [0.5, 0.6) is 0 Å². The van der Waals surface area contributed by atoms with Gasteiger partial charge in [-0.3, -0.25) is 0 Å². The van der Waals surface area contributed by atoms with Gasteiger partial charge in [-0.1, -0.05) is 0 Å². The number of halogens is 1. The molecule has 1 unspecified atom stereocenters. The van der Waals surface area contributed by atoms with Gasteiger partial charge in [0.2, 0.25) is 0 Å². The van der Waals surface area contributed by atoms with Gasteiger partial charge in [0.1, 0.15) is 0 Å². The van der Waals surface area contributed by atoms with Crippen molar-refractivity contribution in [1.29, 1.82) is 0 Å². The van der Waals surface area contributed by atoms with E-state index in [1.165, 1.54) is 0 Å². The van der Waals surface area contributed by atoms with Gasteiger partial charge in [0.15, 0.2) is 15.3 Å². The zero-order valence-electron chi connectivity index (χ0n) is 5.04. The lowest BCUT2D eigenvalue weighted by Gasteiger charge is -2.03. The molecule has 0 heterocycles. The molecular weight excluding hydrogens is 164 g/mol. The van der Waals surface area contributed by atoms with Gasteiger partial charge in [-0.15, -0.1) is 11.6 Å². The lowest BCUT2D eigenvalue weighted by atomic mass is 10.5. The predicted octanol–water partition coefficient (Wildman–Crippen LogP) is -0.0217. The van der Waals surface area contributed by atoms with Crippen LogP contribution in [0.4, 0.5) is 0 Å². The first-order valence-electron chi connectivity index (χ1n) is 2.41. The fourth-order valence-corrected chi connectivity index (χ4v) is 1.19. The van der Waals surface area contributed by atoms with Gasteiger partial charge in [-0.25, -0.2) is 8.42 Å². The molecule has 0 amide bonds. The molecule has 9 heavy (non-hydrogen) atoms. The zero-order valence-corrected chi connectivity index (χ0v) is 6.61. The first kappa shape index (κ1) is 9.20. The van der Waals surface area contributed by atoms with E-state index in [1.807, 2.05) is 0 Å². The van der Waals surface area contributed by atoms with Crippen LogP contribution >= 0.6 is 11.6 Å². The van der Waals surface area contributed by atoms with Crippen LogP contribution in [0.3, 0.4) is 0 Å². The second-order valence-electron chi connectivity index (χ2n) is 1.76. The first-order valence-corrected chi connectivity index (χ1v) is 4.90. The summed E-state index contributed by atoms with van der Waals surface area (Å²) >= 11 is 5.18. The van der Waals surface area contributed by atoms with Crippen molar-refractivity contribution in [2.24, 2.45) is 0 Å². The van der Waals surface area contributed by atoms with E-state index >= 15 is 0 Å². The number of rotatable bonds is 3. The molecule has 0 rings (SSSR count). The summed E-state index contributed by atoms with van der Waals surface area (Å²) in [5.41, 5.74) is -1.30. The number of hydrogen-bond donors (Lipinski definition) is 1. The highest BCUT2D eigenvalue weighted by Gasteiger charge is 2.14. The smallest absolute Gasteiger partial charge is 0.174 e. The minimum Gasteiger partial charge on any atom is -0.377 e. The molecule has 1 atom stereocenters. The highest BCUT2D eigenvalue weighted by atomic mass is 35.5. The minimum absolute atomic E-state index is 0.0976. The minimum atomic E-state index is -3.29. The van der Waals surface area contributed by atoms with Crippen LogP contribution < -0.4 is 0 Å². The average Bonchev–Trinajstić information content (AvgIpc) is 1.64. The van der Waals surface area contributed by atoms with Gasteiger partial charge < -0.3 is 5.11 Å². The maximum atomic E-state index is 10.4. The molecule has 1 N–H and O–H groups in total. The van der Waals surface area contributed by atoms with Gasteiger partial charge in [0, 0.05) is 18.6 Å². The van der Waals surface area contributed by atoms with E-state index < -0.39 is 15.3 Å². The Kier molecular flexibility index (Phi) is 3.46. The molecule has 56 valence electrons. The molecule has 0 aliphatic rings. The van der Waals surface area contributed by atoms with Crippen molar-refractivity contribution >= 4 is 21.4 Å². The topological polar surface area (TPSA) is 54.4 Å². The highest BCUT2D eigenvalue weighted by molar-refractivity contribution is 7.91. The molecular formula is C4H9ClO3S. The Morgan fingerprint density at radius 3 is 2.22 bits per heavy atom. The van der Waals surface area contributed by atoms with E-state index in [0.717, 1.165) is 6.26 Å².